The summed E-state index contributed by atoms with van der Waals surface area (Å²) >= 11 is 1.61. The number of alkyl carbamates (subject to hydrolysis) is 1. The highest BCUT2D eigenvalue weighted by Gasteiger charge is 2.38. The van der Waals surface area contributed by atoms with Gasteiger partial charge in [-0.3, -0.25) is 9.59 Å². The smallest absolute Gasteiger partial charge is 0.407 e. The summed E-state index contributed by atoms with van der Waals surface area (Å²) in [7, 11) is 0. The van der Waals surface area contributed by atoms with E-state index in [1.54, 1.807) is 23.6 Å². The predicted octanol–water partition coefficient (Wildman–Crippen LogP) is 0.940. The van der Waals surface area contributed by atoms with Crippen LogP contribution in [0.3, 0.4) is 0 Å². The van der Waals surface area contributed by atoms with E-state index in [-0.39, 0.29) is 17.7 Å². The molecular weight excluding hydrogens is 318 g/mol. The highest BCUT2D eigenvalue weighted by molar-refractivity contribution is 7.99. The molecule has 0 radical (unpaired) electrons. The normalized spacial score (nSPS) is 21.3. The van der Waals surface area contributed by atoms with Crippen LogP contribution in [0.4, 0.5) is 4.79 Å². The van der Waals surface area contributed by atoms with Crippen molar-refractivity contribution in [1.82, 2.24) is 15.5 Å². The maximum atomic E-state index is 12.5. The van der Waals surface area contributed by atoms with Gasteiger partial charge in [0.05, 0.1) is 12.5 Å². The molecule has 8 heteroatoms. The number of carbonyl (C=O) groups excluding carboxylic acids is 3. The number of rotatable bonds is 6. The van der Waals surface area contributed by atoms with Crippen LogP contribution >= 0.6 is 11.8 Å². The highest BCUT2D eigenvalue weighted by atomic mass is 32.2. The minimum Gasteiger partial charge on any atom is -0.450 e. The Morgan fingerprint density at radius 1 is 1.17 bits per heavy atom. The van der Waals surface area contributed by atoms with Crippen molar-refractivity contribution >= 4 is 29.7 Å². The van der Waals surface area contributed by atoms with Gasteiger partial charge in [-0.1, -0.05) is 12.8 Å². The van der Waals surface area contributed by atoms with Crippen LogP contribution in [0.2, 0.25) is 0 Å². The third-order valence-electron chi connectivity index (χ3n) is 4.14. The van der Waals surface area contributed by atoms with Crippen LogP contribution in [0.1, 0.15) is 32.6 Å². The molecule has 0 spiro atoms. The van der Waals surface area contributed by atoms with Crippen LogP contribution in [0, 0.1) is 5.92 Å². The Morgan fingerprint density at radius 3 is 2.57 bits per heavy atom. The summed E-state index contributed by atoms with van der Waals surface area (Å²) < 4.78 is 4.74. The Labute approximate surface area is 140 Å². The molecule has 0 aromatic heterocycles. The van der Waals surface area contributed by atoms with E-state index >= 15 is 0 Å². The lowest BCUT2D eigenvalue weighted by atomic mass is 10.1. The van der Waals surface area contributed by atoms with Crippen LogP contribution < -0.4 is 10.6 Å². The van der Waals surface area contributed by atoms with Crippen molar-refractivity contribution in [3.8, 4) is 0 Å². The predicted molar refractivity (Wildman–Crippen MR) is 88.0 cm³/mol. The van der Waals surface area contributed by atoms with Gasteiger partial charge in [0, 0.05) is 24.8 Å². The van der Waals surface area contributed by atoms with Crippen LogP contribution in [0.15, 0.2) is 0 Å². The Kier molecular flexibility index (Phi) is 7.01. The monoisotopic (exact) mass is 343 g/mol. The molecule has 7 nitrogen and oxygen atoms in total. The number of thioether (sulfide) groups is 1. The van der Waals surface area contributed by atoms with E-state index < -0.39 is 12.1 Å². The molecule has 23 heavy (non-hydrogen) atoms. The molecule has 1 saturated heterocycles. The maximum absolute atomic E-state index is 12.5. The minimum absolute atomic E-state index is 0.0921. The number of hydrogen-bond acceptors (Lipinski definition) is 5. The van der Waals surface area contributed by atoms with Crippen molar-refractivity contribution in [3.05, 3.63) is 0 Å². The minimum atomic E-state index is -0.490. The zero-order valence-electron chi connectivity index (χ0n) is 13.5. The van der Waals surface area contributed by atoms with Gasteiger partial charge in [-0.05, 0) is 19.8 Å². The van der Waals surface area contributed by atoms with E-state index in [1.807, 2.05) is 0 Å². The average Bonchev–Trinajstić information content (AvgIpc) is 3.21. The van der Waals surface area contributed by atoms with Gasteiger partial charge in [-0.25, -0.2) is 4.79 Å². The number of nitrogens with zero attached hydrogens (tertiary/aromatic N) is 1. The van der Waals surface area contributed by atoms with Crippen molar-refractivity contribution in [3.63, 3.8) is 0 Å². The number of carbonyl (C=O) groups is 3. The zero-order valence-corrected chi connectivity index (χ0v) is 14.3. The standard InChI is InChI=1S/C15H25N3O4S/c1-2-22-15(21)17-8-7-16-13(19)12-9-23-10-18(12)14(20)11-5-3-4-6-11/h11-12H,2-10H2,1H3,(H,16,19)(H,17,21)/t12-/m1/s1. The quantitative estimate of drug-likeness (QED) is 0.701. The van der Waals surface area contributed by atoms with E-state index in [4.69, 9.17) is 4.74 Å². The van der Waals surface area contributed by atoms with E-state index in [9.17, 15) is 14.4 Å². The molecule has 2 rings (SSSR count). The van der Waals surface area contributed by atoms with E-state index in [2.05, 4.69) is 10.6 Å². The molecule has 2 fully saturated rings. The fourth-order valence-electron chi connectivity index (χ4n) is 2.93. The lowest BCUT2D eigenvalue weighted by Crippen LogP contribution is -2.49. The Morgan fingerprint density at radius 2 is 1.87 bits per heavy atom. The molecule has 1 aliphatic carbocycles. The molecule has 0 unspecified atom stereocenters. The Balaban J connectivity index is 1.74. The Bertz CT molecular complexity index is 440. The third kappa shape index (κ3) is 5.02. The van der Waals surface area contributed by atoms with Gasteiger partial charge in [0.1, 0.15) is 6.04 Å². The van der Waals surface area contributed by atoms with Gasteiger partial charge in [0.15, 0.2) is 0 Å². The van der Waals surface area contributed by atoms with Crippen molar-refractivity contribution < 1.29 is 19.1 Å². The first-order valence-corrected chi connectivity index (χ1v) is 9.35. The number of ether oxygens (including phenoxy) is 1. The molecule has 1 atom stereocenters. The highest BCUT2D eigenvalue weighted by Crippen LogP contribution is 2.30. The van der Waals surface area contributed by atoms with Crippen LogP contribution in [-0.2, 0) is 14.3 Å². The fraction of sp³-hybridized carbons (Fsp3) is 0.800. The van der Waals surface area contributed by atoms with Gasteiger partial charge < -0.3 is 20.3 Å². The molecule has 2 aliphatic rings. The van der Waals surface area contributed by atoms with Crippen LogP contribution in [-0.4, -0.2) is 60.2 Å². The van der Waals surface area contributed by atoms with E-state index in [0.29, 0.717) is 31.3 Å². The molecule has 0 aromatic carbocycles. The van der Waals surface area contributed by atoms with Crippen LogP contribution in [0.5, 0.6) is 0 Å². The lowest BCUT2D eigenvalue weighted by molar-refractivity contribution is -0.141. The summed E-state index contributed by atoms with van der Waals surface area (Å²) in [5.74, 6) is 1.29. The molecule has 3 amide bonds. The molecular formula is C15H25N3O4S. The first-order valence-electron chi connectivity index (χ1n) is 8.20. The van der Waals surface area contributed by atoms with Gasteiger partial charge in [-0.2, -0.15) is 0 Å². The van der Waals surface area contributed by atoms with Crippen molar-refractivity contribution in [2.45, 2.75) is 38.6 Å². The van der Waals surface area contributed by atoms with Gasteiger partial charge in [0.2, 0.25) is 11.8 Å². The SMILES string of the molecule is CCOC(=O)NCCNC(=O)[C@H]1CSCN1C(=O)C1CCCC1. The van der Waals surface area contributed by atoms with Crippen molar-refractivity contribution in [2.75, 3.05) is 31.3 Å². The second kappa shape index (κ2) is 9.00. The summed E-state index contributed by atoms with van der Waals surface area (Å²) in [5, 5.41) is 5.33. The van der Waals surface area contributed by atoms with Crippen molar-refractivity contribution in [1.29, 1.82) is 0 Å². The molecule has 2 N–H and O–H groups in total. The maximum Gasteiger partial charge on any atom is 0.407 e. The van der Waals surface area contributed by atoms with E-state index in [1.165, 1.54) is 0 Å². The third-order valence-corrected chi connectivity index (χ3v) is 5.15. The van der Waals surface area contributed by atoms with Crippen molar-refractivity contribution in [2.24, 2.45) is 5.92 Å². The molecule has 0 bridgehead atoms. The number of hydrogen-bond donors (Lipinski definition) is 2. The summed E-state index contributed by atoms with van der Waals surface area (Å²) in [5.41, 5.74) is 0. The largest absolute Gasteiger partial charge is 0.450 e. The van der Waals surface area contributed by atoms with Gasteiger partial charge in [-0.15, -0.1) is 11.8 Å². The molecule has 1 aliphatic heterocycles. The first-order chi connectivity index (χ1) is 11.1. The second-order valence-electron chi connectivity index (χ2n) is 5.74. The molecule has 130 valence electrons. The average molecular weight is 343 g/mol. The molecule has 0 aromatic rings. The number of nitrogens with one attached hydrogen (secondary N) is 2. The summed E-state index contributed by atoms with van der Waals surface area (Å²) in [6.07, 6.45) is 3.60. The molecule has 1 heterocycles. The van der Waals surface area contributed by atoms with E-state index in [0.717, 1.165) is 25.7 Å². The number of amides is 3. The second-order valence-corrected chi connectivity index (χ2v) is 6.74. The van der Waals surface area contributed by atoms with Gasteiger partial charge >= 0.3 is 6.09 Å². The molecule has 1 saturated carbocycles. The fourth-order valence-corrected chi connectivity index (χ4v) is 4.10. The first kappa shape index (κ1) is 17.9. The summed E-state index contributed by atoms with van der Waals surface area (Å²) in [6.45, 7) is 2.68. The van der Waals surface area contributed by atoms with Crippen LogP contribution in [0.25, 0.3) is 0 Å². The summed E-state index contributed by atoms with van der Waals surface area (Å²) in [6, 6.07) is -0.393. The lowest BCUT2D eigenvalue weighted by Gasteiger charge is -2.25. The zero-order chi connectivity index (χ0) is 16.7. The summed E-state index contributed by atoms with van der Waals surface area (Å²) in [4.78, 5) is 37.6. The van der Waals surface area contributed by atoms with Gasteiger partial charge in [0.25, 0.3) is 0 Å². The Hall–Kier alpha value is -1.44. The topological polar surface area (TPSA) is 87.7 Å².